The van der Waals surface area contributed by atoms with Gasteiger partial charge in [-0.2, -0.15) is 4.31 Å². The minimum Gasteiger partial charge on any atom is -0.377 e. The summed E-state index contributed by atoms with van der Waals surface area (Å²) in [6, 6.07) is 0. The molecular weight excluding hydrogens is 244 g/mol. The van der Waals surface area contributed by atoms with Crippen molar-refractivity contribution in [1.29, 1.82) is 0 Å². The second kappa shape index (κ2) is 5.32. The van der Waals surface area contributed by atoms with Crippen LogP contribution in [0.1, 0.15) is 19.3 Å². The molecule has 7 heteroatoms. The smallest absolute Gasteiger partial charge is 0.221 e. The van der Waals surface area contributed by atoms with Crippen LogP contribution in [0.15, 0.2) is 0 Å². The first kappa shape index (κ1) is 12.8. The number of hydrogen-bond acceptors (Lipinski definition) is 4. The monoisotopic (exact) mass is 262 g/mol. The molecule has 2 rings (SSSR count). The maximum absolute atomic E-state index is 12.1. The maximum atomic E-state index is 12.1. The Bertz CT molecular complexity index is 376. The summed E-state index contributed by atoms with van der Waals surface area (Å²) < 4.78 is 31.0. The maximum Gasteiger partial charge on any atom is 0.221 e. The van der Waals surface area contributed by atoms with Crippen LogP contribution in [0.3, 0.4) is 0 Å². The van der Waals surface area contributed by atoms with E-state index in [-0.39, 0.29) is 30.7 Å². The SMILES string of the molecule is O=C1CCN(S(=O)(=O)CC2CCCO2)CCN1. The molecular formula is C10H18N2O4S. The Kier molecular flexibility index (Phi) is 4.01. The van der Waals surface area contributed by atoms with Crippen molar-refractivity contribution >= 4 is 15.9 Å². The topological polar surface area (TPSA) is 75.7 Å². The minimum atomic E-state index is -3.30. The largest absolute Gasteiger partial charge is 0.377 e. The van der Waals surface area contributed by atoms with Gasteiger partial charge in [0.25, 0.3) is 0 Å². The normalized spacial score (nSPS) is 27.8. The van der Waals surface area contributed by atoms with Gasteiger partial charge in [0.2, 0.25) is 15.9 Å². The number of rotatable bonds is 3. The Morgan fingerprint density at radius 1 is 1.41 bits per heavy atom. The lowest BCUT2D eigenvalue weighted by Crippen LogP contribution is -2.38. The van der Waals surface area contributed by atoms with E-state index in [4.69, 9.17) is 4.74 Å². The zero-order valence-electron chi connectivity index (χ0n) is 9.72. The highest BCUT2D eigenvalue weighted by Gasteiger charge is 2.29. The molecule has 0 bridgehead atoms. The van der Waals surface area contributed by atoms with E-state index in [1.54, 1.807) is 0 Å². The molecule has 2 saturated heterocycles. The van der Waals surface area contributed by atoms with Gasteiger partial charge in [-0.1, -0.05) is 0 Å². The highest BCUT2D eigenvalue weighted by atomic mass is 32.2. The predicted molar refractivity (Wildman–Crippen MR) is 62.0 cm³/mol. The molecule has 0 aromatic heterocycles. The van der Waals surface area contributed by atoms with Gasteiger partial charge in [0.05, 0.1) is 11.9 Å². The molecule has 2 aliphatic heterocycles. The van der Waals surface area contributed by atoms with Gasteiger partial charge in [0, 0.05) is 32.7 Å². The van der Waals surface area contributed by atoms with Gasteiger partial charge in [-0.25, -0.2) is 8.42 Å². The summed E-state index contributed by atoms with van der Waals surface area (Å²) in [5.74, 6) is -0.0407. The third-order valence-electron chi connectivity index (χ3n) is 3.09. The average Bonchev–Trinajstić information content (AvgIpc) is 2.64. The summed E-state index contributed by atoms with van der Waals surface area (Å²) in [6.07, 6.45) is 1.81. The summed E-state index contributed by atoms with van der Waals surface area (Å²) in [5.41, 5.74) is 0. The predicted octanol–water partition coefficient (Wildman–Crippen LogP) is -0.683. The zero-order valence-corrected chi connectivity index (χ0v) is 10.5. The zero-order chi connectivity index (χ0) is 12.3. The fourth-order valence-corrected chi connectivity index (χ4v) is 3.82. The highest BCUT2D eigenvalue weighted by molar-refractivity contribution is 7.89. The summed E-state index contributed by atoms with van der Waals surface area (Å²) in [4.78, 5) is 11.1. The van der Waals surface area contributed by atoms with Crippen molar-refractivity contribution in [1.82, 2.24) is 9.62 Å². The quantitative estimate of drug-likeness (QED) is 0.731. The van der Waals surface area contributed by atoms with Crippen LogP contribution < -0.4 is 5.32 Å². The van der Waals surface area contributed by atoms with Crippen molar-refractivity contribution in [3.63, 3.8) is 0 Å². The molecule has 17 heavy (non-hydrogen) atoms. The lowest BCUT2D eigenvalue weighted by molar-refractivity contribution is -0.120. The third kappa shape index (κ3) is 3.40. The molecule has 1 N–H and O–H groups in total. The molecule has 1 amide bonds. The Hall–Kier alpha value is -0.660. The van der Waals surface area contributed by atoms with Crippen molar-refractivity contribution < 1.29 is 17.9 Å². The van der Waals surface area contributed by atoms with Crippen LogP contribution in [-0.2, 0) is 19.6 Å². The van der Waals surface area contributed by atoms with Gasteiger partial charge in [-0.3, -0.25) is 4.79 Å². The highest BCUT2D eigenvalue weighted by Crippen LogP contribution is 2.16. The Morgan fingerprint density at radius 3 is 2.94 bits per heavy atom. The first-order chi connectivity index (χ1) is 8.08. The lowest BCUT2D eigenvalue weighted by atomic mass is 10.3. The summed E-state index contributed by atoms with van der Waals surface area (Å²) >= 11 is 0. The number of ether oxygens (including phenoxy) is 1. The number of carbonyl (C=O) groups is 1. The van der Waals surface area contributed by atoms with Gasteiger partial charge < -0.3 is 10.1 Å². The second-order valence-electron chi connectivity index (χ2n) is 4.41. The van der Waals surface area contributed by atoms with Gasteiger partial charge in [0.1, 0.15) is 0 Å². The third-order valence-corrected chi connectivity index (χ3v) is 5.03. The molecule has 2 aliphatic rings. The van der Waals surface area contributed by atoms with Crippen molar-refractivity contribution in [2.75, 3.05) is 32.0 Å². The van der Waals surface area contributed by atoms with E-state index in [9.17, 15) is 13.2 Å². The van der Waals surface area contributed by atoms with Gasteiger partial charge in [-0.05, 0) is 12.8 Å². The summed E-state index contributed by atoms with van der Waals surface area (Å²) in [7, 11) is -3.30. The summed E-state index contributed by atoms with van der Waals surface area (Å²) in [6.45, 7) is 1.69. The van der Waals surface area contributed by atoms with Crippen molar-refractivity contribution in [2.24, 2.45) is 0 Å². The number of nitrogens with zero attached hydrogens (tertiary/aromatic N) is 1. The van der Waals surface area contributed by atoms with E-state index >= 15 is 0 Å². The molecule has 0 radical (unpaired) electrons. The minimum absolute atomic E-state index is 0.0428. The number of carbonyl (C=O) groups excluding carboxylic acids is 1. The van der Waals surface area contributed by atoms with E-state index in [1.165, 1.54) is 4.31 Å². The van der Waals surface area contributed by atoms with Crippen molar-refractivity contribution in [3.05, 3.63) is 0 Å². The fourth-order valence-electron chi connectivity index (χ4n) is 2.14. The van der Waals surface area contributed by atoms with Gasteiger partial charge >= 0.3 is 0 Å². The Labute approximate surface area is 101 Å². The fraction of sp³-hybridized carbons (Fsp3) is 0.900. The van der Waals surface area contributed by atoms with Gasteiger partial charge in [-0.15, -0.1) is 0 Å². The van der Waals surface area contributed by atoms with Crippen LogP contribution >= 0.6 is 0 Å². The Balaban J connectivity index is 1.96. The molecule has 0 aliphatic carbocycles. The average molecular weight is 262 g/mol. The number of amides is 1. The number of nitrogens with one attached hydrogen (secondary N) is 1. The van der Waals surface area contributed by atoms with E-state index in [2.05, 4.69) is 5.32 Å². The van der Waals surface area contributed by atoms with E-state index in [1.807, 2.05) is 0 Å². The Morgan fingerprint density at radius 2 is 2.24 bits per heavy atom. The molecule has 0 aromatic carbocycles. The van der Waals surface area contributed by atoms with Crippen LogP contribution in [0.5, 0.6) is 0 Å². The number of sulfonamides is 1. The molecule has 6 nitrogen and oxygen atoms in total. The molecule has 0 aromatic rings. The van der Waals surface area contributed by atoms with Gasteiger partial charge in [0.15, 0.2) is 0 Å². The van der Waals surface area contributed by atoms with Crippen LogP contribution in [0.4, 0.5) is 0 Å². The first-order valence-electron chi connectivity index (χ1n) is 5.94. The van der Waals surface area contributed by atoms with E-state index in [0.29, 0.717) is 19.7 Å². The van der Waals surface area contributed by atoms with Crippen LogP contribution in [0, 0.1) is 0 Å². The standard InChI is InChI=1S/C10H18N2O4S/c13-10-3-5-12(6-4-11-10)17(14,15)8-9-2-1-7-16-9/h9H,1-8H2,(H,11,13). The van der Waals surface area contributed by atoms with E-state index in [0.717, 1.165) is 12.8 Å². The molecule has 0 saturated carbocycles. The molecule has 0 spiro atoms. The van der Waals surface area contributed by atoms with E-state index < -0.39 is 10.0 Å². The van der Waals surface area contributed by atoms with Crippen LogP contribution in [0.25, 0.3) is 0 Å². The van der Waals surface area contributed by atoms with Crippen LogP contribution in [-0.4, -0.2) is 56.7 Å². The second-order valence-corrected chi connectivity index (χ2v) is 6.43. The van der Waals surface area contributed by atoms with Crippen molar-refractivity contribution in [2.45, 2.75) is 25.4 Å². The summed E-state index contributed by atoms with van der Waals surface area (Å²) in [5, 5.41) is 2.66. The molecule has 98 valence electrons. The molecule has 2 heterocycles. The van der Waals surface area contributed by atoms with Crippen molar-refractivity contribution in [3.8, 4) is 0 Å². The lowest BCUT2D eigenvalue weighted by Gasteiger charge is -2.21. The first-order valence-corrected chi connectivity index (χ1v) is 7.55. The van der Waals surface area contributed by atoms with Crippen LogP contribution in [0.2, 0.25) is 0 Å². The molecule has 1 unspecified atom stereocenters. The molecule has 1 atom stereocenters. The number of hydrogen-bond donors (Lipinski definition) is 1. The molecule has 2 fully saturated rings.